The average Bonchev–Trinajstić information content (AvgIpc) is 2.76. The highest BCUT2D eigenvalue weighted by Gasteiger charge is 2.15. The van der Waals surface area contributed by atoms with E-state index in [0.29, 0.717) is 25.2 Å². The van der Waals surface area contributed by atoms with Crippen LogP contribution in [0.25, 0.3) is 0 Å². The Morgan fingerprint density at radius 1 is 1.44 bits per heavy atom. The summed E-state index contributed by atoms with van der Waals surface area (Å²) in [6.45, 7) is 1.08. The van der Waals surface area contributed by atoms with Crippen LogP contribution in [0.5, 0.6) is 0 Å². The molecule has 0 aromatic heterocycles. The summed E-state index contributed by atoms with van der Waals surface area (Å²) < 4.78 is 10.2. The molecule has 0 amide bonds. The number of hydrogen-bond acceptors (Lipinski definition) is 3. The monoisotopic (exact) mass is 229 g/mol. The maximum atomic E-state index is 5.80. The number of nitrogens with two attached hydrogens (primary N) is 1. The Balaban J connectivity index is 2.25. The topological polar surface area (TPSA) is 68.9 Å². The summed E-state index contributed by atoms with van der Waals surface area (Å²) in [4.78, 5) is 4.26. The smallest absolute Gasteiger partial charge is 0.188 e. The van der Waals surface area contributed by atoms with E-state index in [1.165, 1.54) is 25.7 Å². The molecule has 0 saturated heterocycles. The SMILES string of the molecule is COCC(CN=C(N)NC1CCCC1)OC. The molecule has 3 N–H and O–H groups in total. The lowest BCUT2D eigenvalue weighted by Gasteiger charge is -2.14. The Bertz CT molecular complexity index is 215. The first-order chi connectivity index (χ1) is 7.76. The minimum atomic E-state index is -0.0195. The van der Waals surface area contributed by atoms with Gasteiger partial charge in [-0.05, 0) is 12.8 Å². The Hall–Kier alpha value is -0.810. The Kier molecular flexibility index (Phi) is 6.18. The van der Waals surface area contributed by atoms with E-state index in [4.69, 9.17) is 15.2 Å². The molecular formula is C11H23N3O2. The first kappa shape index (κ1) is 13.3. The third-order valence-corrected chi connectivity index (χ3v) is 2.86. The molecule has 1 aliphatic rings. The predicted molar refractivity (Wildman–Crippen MR) is 64.6 cm³/mol. The van der Waals surface area contributed by atoms with Gasteiger partial charge in [-0.15, -0.1) is 0 Å². The Labute approximate surface area is 97.4 Å². The van der Waals surface area contributed by atoms with Crippen LogP contribution in [0.1, 0.15) is 25.7 Å². The summed E-state index contributed by atoms with van der Waals surface area (Å²) >= 11 is 0. The van der Waals surface area contributed by atoms with E-state index in [-0.39, 0.29) is 6.10 Å². The molecule has 0 spiro atoms. The lowest BCUT2D eigenvalue weighted by Crippen LogP contribution is -2.39. The molecule has 1 atom stereocenters. The number of guanidine groups is 1. The summed E-state index contributed by atoms with van der Waals surface area (Å²) in [5, 5.41) is 3.23. The second-order valence-electron chi connectivity index (χ2n) is 4.16. The van der Waals surface area contributed by atoms with Gasteiger partial charge in [0.2, 0.25) is 0 Å². The van der Waals surface area contributed by atoms with E-state index in [1.54, 1.807) is 14.2 Å². The van der Waals surface area contributed by atoms with Crippen molar-refractivity contribution in [3.8, 4) is 0 Å². The van der Waals surface area contributed by atoms with Crippen molar-refractivity contribution in [2.45, 2.75) is 37.8 Å². The molecule has 1 unspecified atom stereocenters. The molecular weight excluding hydrogens is 206 g/mol. The lowest BCUT2D eigenvalue weighted by molar-refractivity contribution is 0.0343. The van der Waals surface area contributed by atoms with Crippen LogP contribution in [0.2, 0.25) is 0 Å². The van der Waals surface area contributed by atoms with E-state index < -0.39 is 0 Å². The normalized spacial score (nSPS) is 20.0. The molecule has 0 aromatic rings. The zero-order valence-electron chi connectivity index (χ0n) is 10.2. The lowest BCUT2D eigenvalue weighted by atomic mass is 10.2. The molecule has 0 heterocycles. The number of nitrogens with zero attached hydrogens (tertiary/aromatic N) is 1. The number of ether oxygens (including phenoxy) is 2. The van der Waals surface area contributed by atoms with Gasteiger partial charge in [0.15, 0.2) is 5.96 Å². The van der Waals surface area contributed by atoms with Crippen LogP contribution in [-0.4, -0.2) is 45.5 Å². The number of hydrogen-bond donors (Lipinski definition) is 2. The molecule has 0 bridgehead atoms. The fraction of sp³-hybridized carbons (Fsp3) is 0.909. The van der Waals surface area contributed by atoms with Crippen LogP contribution in [0.4, 0.5) is 0 Å². The molecule has 1 fully saturated rings. The van der Waals surface area contributed by atoms with Gasteiger partial charge in [-0.3, -0.25) is 4.99 Å². The maximum Gasteiger partial charge on any atom is 0.188 e. The number of rotatable bonds is 6. The van der Waals surface area contributed by atoms with Gasteiger partial charge >= 0.3 is 0 Å². The largest absolute Gasteiger partial charge is 0.382 e. The highest BCUT2D eigenvalue weighted by atomic mass is 16.5. The van der Waals surface area contributed by atoms with Crippen molar-refractivity contribution >= 4 is 5.96 Å². The van der Waals surface area contributed by atoms with Crippen molar-refractivity contribution in [1.29, 1.82) is 0 Å². The van der Waals surface area contributed by atoms with Crippen molar-refractivity contribution < 1.29 is 9.47 Å². The van der Waals surface area contributed by atoms with Crippen molar-refractivity contribution in [3.63, 3.8) is 0 Å². The van der Waals surface area contributed by atoms with Crippen LogP contribution in [0.3, 0.4) is 0 Å². The standard InChI is InChI=1S/C11H23N3O2/c1-15-8-10(16-2)7-13-11(12)14-9-5-3-4-6-9/h9-10H,3-8H2,1-2H3,(H3,12,13,14). The molecule has 0 aliphatic heterocycles. The number of aliphatic imine (C=N–C) groups is 1. The van der Waals surface area contributed by atoms with E-state index in [1.807, 2.05) is 0 Å². The summed E-state index contributed by atoms with van der Waals surface area (Å²) in [7, 11) is 3.30. The van der Waals surface area contributed by atoms with Crippen molar-refractivity contribution in [3.05, 3.63) is 0 Å². The Morgan fingerprint density at radius 3 is 2.69 bits per heavy atom. The fourth-order valence-corrected chi connectivity index (χ4v) is 1.91. The molecule has 1 saturated carbocycles. The quantitative estimate of drug-likeness (QED) is 0.514. The van der Waals surface area contributed by atoms with E-state index in [0.717, 1.165) is 0 Å². The molecule has 16 heavy (non-hydrogen) atoms. The molecule has 5 nitrogen and oxygen atoms in total. The molecule has 0 aromatic carbocycles. The summed E-state index contributed by atoms with van der Waals surface area (Å²) in [5.41, 5.74) is 5.80. The van der Waals surface area contributed by atoms with Crippen LogP contribution < -0.4 is 11.1 Å². The van der Waals surface area contributed by atoms with Crippen LogP contribution >= 0.6 is 0 Å². The number of methoxy groups -OCH3 is 2. The zero-order chi connectivity index (χ0) is 11.8. The third kappa shape index (κ3) is 4.81. The van der Waals surface area contributed by atoms with Crippen LogP contribution in [0, 0.1) is 0 Å². The predicted octanol–water partition coefficient (Wildman–Crippen LogP) is 0.495. The molecule has 1 aliphatic carbocycles. The van der Waals surface area contributed by atoms with Crippen LogP contribution in [0.15, 0.2) is 4.99 Å². The Morgan fingerprint density at radius 2 is 2.12 bits per heavy atom. The highest BCUT2D eigenvalue weighted by Crippen LogP contribution is 2.17. The van der Waals surface area contributed by atoms with Gasteiger partial charge in [0.25, 0.3) is 0 Å². The first-order valence-electron chi connectivity index (χ1n) is 5.84. The fourth-order valence-electron chi connectivity index (χ4n) is 1.91. The van der Waals surface area contributed by atoms with Crippen molar-refractivity contribution in [2.24, 2.45) is 10.7 Å². The first-order valence-corrected chi connectivity index (χ1v) is 5.84. The second-order valence-corrected chi connectivity index (χ2v) is 4.16. The highest BCUT2D eigenvalue weighted by molar-refractivity contribution is 5.78. The van der Waals surface area contributed by atoms with Crippen molar-refractivity contribution in [1.82, 2.24) is 5.32 Å². The summed E-state index contributed by atoms with van der Waals surface area (Å²) in [6, 6.07) is 0.507. The zero-order valence-corrected chi connectivity index (χ0v) is 10.2. The summed E-state index contributed by atoms with van der Waals surface area (Å²) in [6.07, 6.45) is 4.95. The van der Waals surface area contributed by atoms with E-state index in [9.17, 15) is 0 Å². The minimum Gasteiger partial charge on any atom is -0.382 e. The van der Waals surface area contributed by atoms with Gasteiger partial charge in [0.1, 0.15) is 6.10 Å². The van der Waals surface area contributed by atoms with Gasteiger partial charge in [-0.2, -0.15) is 0 Å². The van der Waals surface area contributed by atoms with Gasteiger partial charge in [-0.1, -0.05) is 12.8 Å². The van der Waals surface area contributed by atoms with E-state index in [2.05, 4.69) is 10.3 Å². The molecule has 5 heteroatoms. The minimum absolute atomic E-state index is 0.0195. The molecule has 1 rings (SSSR count). The number of nitrogens with one attached hydrogen (secondary N) is 1. The van der Waals surface area contributed by atoms with E-state index >= 15 is 0 Å². The van der Waals surface area contributed by atoms with Crippen LogP contribution in [-0.2, 0) is 9.47 Å². The van der Waals surface area contributed by atoms with Gasteiger partial charge in [-0.25, -0.2) is 0 Å². The maximum absolute atomic E-state index is 5.80. The third-order valence-electron chi connectivity index (χ3n) is 2.86. The van der Waals surface area contributed by atoms with Gasteiger partial charge < -0.3 is 20.5 Å². The van der Waals surface area contributed by atoms with Gasteiger partial charge in [0, 0.05) is 20.3 Å². The molecule has 0 radical (unpaired) electrons. The average molecular weight is 229 g/mol. The summed E-state index contributed by atoms with van der Waals surface area (Å²) in [5.74, 6) is 0.519. The van der Waals surface area contributed by atoms with Gasteiger partial charge in [0.05, 0.1) is 13.2 Å². The molecule has 94 valence electrons. The second kappa shape index (κ2) is 7.46. The van der Waals surface area contributed by atoms with Crippen molar-refractivity contribution in [2.75, 3.05) is 27.4 Å².